The highest BCUT2D eigenvalue weighted by Crippen LogP contribution is 2.40. The number of halogens is 4. The average molecular weight is 1040 g/mol. The van der Waals surface area contributed by atoms with E-state index in [1.54, 1.807) is 38.5 Å². The fraction of sp³-hybridized carbons (Fsp3) is 0.333. The number of pyridine rings is 2. The maximum atomic E-state index is 15.7. The molecule has 2 atom stereocenters. The van der Waals surface area contributed by atoms with Crippen molar-refractivity contribution >= 4 is 31.9 Å². The Morgan fingerprint density at radius 2 is 1.07 bits per heavy atom. The lowest BCUT2D eigenvalue weighted by atomic mass is 9.87. The number of carbonyl (C=O) groups excluding carboxylic acids is 1. The number of aliphatic hydroxyl groups is 2. The average Bonchev–Trinajstić information content (AvgIpc) is 4.02. The van der Waals surface area contributed by atoms with Gasteiger partial charge in [-0.15, -0.1) is 0 Å². The molecule has 0 saturated carbocycles. The van der Waals surface area contributed by atoms with E-state index in [1.807, 2.05) is 0 Å². The van der Waals surface area contributed by atoms with Gasteiger partial charge in [-0.05, 0) is 109 Å². The molecular weight excluding hydrogens is 981 g/mol. The number of nitrogens with one attached hydrogen (secondary N) is 1. The van der Waals surface area contributed by atoms with Gasteiger partial charge in [-0.1, -0.05) is 27.7 Å². The number of hydrogen-bond donors (Lipinski definition) is 5. The van der Waals surface area contributed by atoms with E-state index in [2.05, 4.69) is 14.4 Å². The first-order valence-corrected chi connectivity index (χ1v) is 24.2. The molecule has 0 aliphatic rings. The number of aliphatic carboxylic acids is 1. The van der Waals surface area contributed by atoms with Crippen molar-refractivity contribution in [3.05, 3.63) is 131 Å². The third-order valence-corrected chi connectivity index (χ3v) is 12.4. The number of sulfonamides is 2. The highest BCUT2D eigenvalue weighted by molar-refractivity contribution is 7.90. The van der Waals surface area contributed by atoms with Gasteiger partial charge in [0.05, 0.1) is 37.9 Å². The number of alkyl halides is 2. The van der Waals surface area contributed by atoms with E-state index in [0.717, 1.165) is 30.5 Å². The lowest BCUT2D eigenvalue weighted by Gasteiger charge is -2.21. The molecule has 6 rings (SSSR count). The zero-order valence-corrected chi connectivity index (χ0v) is 41.7. The zero-order valence-electron chi connectivity index (χ0n) is 40.1. The van der Waals surface area contributed by atoms with Gasteiger partial charge in [0.25, 0.3) is 26.0 Å². The summed E-state index contributed by atoms with van der Waals surface area (Å²) in [7, 11) is -5.62. The predicted octanol–water partition coefficient (Wildman–Crippen LogP) is 8.63. The Bertz CT molecular complexity index is 3090. The van der Waals surface area contributed by atoms with Crippen molar-refractivity contribution < 1.29 is 77.6 Å². The number of rotatable bonds is 15. The SMILES string of the molecule is CC(C)(O)c1coc(S(N)(=O)=O)c1.COc1cc(-c2cc(F)cc(C(C)C)c2C(F)C(=O)NS(=O)(=O)c2cc(C(C)(C)O)co2)ccn1.COc1cc(-c2cc(F)cc(C(C)C)c2C(F)C(=O)O)ccn1. The quantitative estimate of drug-likeness (QED) is 0.0602. The smallest absolute Gasteiger partial charge is 0.343 e. The summed E-state index contributed by atoms with van der Waals surface area (Å²) < 4.78 is 127. The van der Waals surface area contributed by atoms with Gasteiger partial charge in [-0.2, -0.15) is 8.42 Å². The van der Waals surface area contributed by atoms with E-state index in [4.69, 9.17) is 24.1 Å². The van der Waals surface area contributed by atoms with Gasteiger partial charge in [-0.3, -0.25) is 4.79 Å². The Kier molecular flexibility index (Phi) is 18.1. The number of nitrogens with two attached hydrogens (primary N) is 1. The van der Waals surface area contributed by atoms with Gasteiger partial charge in [0.15, 0.2) is 0 Å². The Labute approximate surface area is 407 Å². The number of aromatic nitrogens is 2. The zero-order chi connectivity index (χ0) is 53.6. The lowest BCUT2D eigenvalue weighted by molar-refractivity contribution is -0.143. The van der Waals surface area contributed by atoms with Crippen molar-refractivity contribution in [2.45, 2.75) is 101 Å². The maximum Gasteiger partial charge on any atom is 0.343 e. The van der Waals surface area contributed by atoms with Crippen LogP contribution in [0.2, 0.25) is 0 Å². The van der Waals surface area contributed by atoms with Crippen LogP contribution in [0.1, 0.15) is 113 Å². The van der Waals surface area contributed by atoms with E-state index in [9.17, 15) is 49.8 Å². The number of carbonyl (C=O) groups is 2. The molecule has 0 saturated heterocycles. The molecule has 2 aromatic carbocycles. The summed E-state index contributed by atoms with van der Waals surface area (Å²) in [6.07, 6.45) is 0.290. The number of ether oxygens (including phenoxy) is 2. The number of amides is 1. The molecule has 4 aromatic heterocycles. The van der Waals surface area contributed by atoms with Gasteiger partial charge in [0.2, 0.25) is 34.3 Å². The number of primary sulfonamides is 1. The summed E-state index contributed by atoms with van der Waals surface area (Å²) in [5, 5.41) is 32.4. The molecule has 23 heteroatoms. The van der Waals surface area contributed by atoms with Crippen molar-refractivity contribution in [2.24, 2.45) is 5.14 Å². The van der Waals surface area contributed by atoms with Crippen LogP contribution in [0.5, 0.6) is 11.8 Å². The molecular formula is C48H54F4N4O13S2. The molecule has 17 nitrogen and oxygen atoms in total. The van der Waals surface area contributed by atoms with Crippen LogP contribution in [0.3, 0.4) is 0 Å². The molecule has 0 radical (unpaired) electrons. The number of nitrogens with zero attached hydrogens (tertiary/aromatic N) is 2. The van der Waals surface area contributed by atoms with Crippen LogP contribution in [0.4, 0.5) is 17.6 Å². The molecule has 384 valence electrons. The number of hydrogen-bond acceptors (Lipinski definition) is 14. The summed E-state index contributed by atoms with van der Waals surface area (Å²) in [6, 6.07) is 12.7. The van der Waals surface area contributed by atoms with Gasteiger partial charge >= 0.3 is 5.97 Å². The van der Waals surface area contributed by atoms with E-state index in [1.165, 1.54) is 90.9 Å². The van der Waals surface area contributed by atoms with E-state index < -0.39 is 78.1 Å². The van der Waals surface area contributed by atoms with Crippen molar-refractivity contribution in [1.82, 2.24) is 14.7 Å². The van der Waals surface area contributed by atoms with Gasteiger partial charge in [-0.25, -0.2) is 50.6 Å². The normalized spacial score (nSPS) is 12.8. The fourth-order valence-corrected chi connectivity index (χ4v) is 8.11. The topological polar surface area (TPSA) is 272 Å². The Balaban J connectivity index is 0.000000259. The van der Waals surface area contributed by atoms with E-state index >= 15 is 4.39 Å². The summed E-state index contributed by atoms with van der Waals surface area (Å²) >= 11 is 0. The minimum atomic E-state index is -4.60. The first-order valence-electron chi connectivity index (χ1n) is 21.2. The maximum absolute atomic E-state index is 15.7. The summed E-state index contributed by atoms with van der Waals surface area (Å²) in [5.41, 5.74) is -0.708. The largest absolute Gasteiger partial charge is 0.481 e. The minimum absolute atomic E-state index is 0.0397. The van der Waals surface area contributed by atoms with Crippen LogP contribution in [-0.2, 0) is 40.8 Å². The van der Waals surface area contributed by atoms with Crippen molar-refractivity contribution in [2.75, 3.05) is 14.2 Å². The molecule has 0 aliphatic carbocycles. The van der Waals surface area contributed by atoms with Crippen LogP contribution in [-0.4, -0.2) is 68.2 Å². The second-order valence-corrected chi connectivity index (χ2v) is 20.5. The molecule has 0 fully saturated rings. The Morgan fingerprint density at radius 3 is 1.41 bits per heavy atom. The number of carboxylic acid groups (broad SMARTS) is 1. The van der Waals surface area contributed by atoms with Gasteiger partial charge < -0.3 is 33.6 Å². The third kappa shape index (κ3) is 14.5. The molecule has 2 unspecified atom stereocenters. The molecule has 4 heterocycles. The monoisotopic (exact) mass is 1030 g/mol. The highest BCUT2D eigenvalue weighted by atomic mass is 32.2. The Hall–Kier alpha value is -6.66. The van der Waals surface area contributed by atoms with Crippen LogP contribution in [0, 0.1) is 11.6 Å². The van der Waals surface area contributed by atoms with Crippen LogP contribution in [0.25, 0.3) is 22.3 Å². The second kappa shape index (κ2) is 22.6. The number of methoxy groups -OCH3 is 2. The highest BCUT2D eigenvalue weighted by Gasteiger charge is 2.34. The second-order valence-electron chi connectivity index (χ2n) is 17.4. The number of carboxylic acids is 1. The summed E-state index contributed by atoms with van der Waals surface area (Å²) in [4.78, 5) is 31.9. The van der Waals surface area contributed by atoms with Crippen LogP contribution >= 0.6 is 0 Å². The molecule has 6 aromatic rings. The number of benzene rings is 2. The molecule has 0 aliphatic heterocycles. The van der Waals surface area contributed by atoms with Crippen LogP contribution in [0.15, 0.2) is 105 Å². The first kappa shape index (κ1) is 56.9. The molecule has 6 N–H and O–H groups in total. The van der Waals surface area contributed by atoms with Crippen molar-refractivity contribution in [1.29, 1.82) is 0 Å². The Morgan fingerprint density at radius 1 is 0.676 bits per heavy atom. The van der Waals surface area contributed by atoms with E-state index in [0.29, 0.717) is 22.3 Å². The molecule has 71 heavy (non-hydrogen) atoms. The molecule has 0 spiro atoms. The standard InChI is InChI=1S/C24H26F2N2O6S.C17H17F2NO3.C7H11NO4S/c1-13(2)17-10-16(25)11-18(14-6-7-27-19(8-14)33-5)21(17)22(26)23(29)28-35(31,32)20-9-15(12-34-20)24(3,4)30;1-9(2)12-7-11(18)8-13(15(12)16(19)17(21)22)10-4-5-20-14(6-10)23-3;1-7(2,9)5-3-6(12-4-5)13(8,10)11/h6-13,22,30H,1-5H3,(H,28,29);4-9,16H,1-3H3,(H,21,22);3-4,9H,1-2H3,(H2,8,10,11). The number of furan rings is 2. The van der Waals surface area contributed by atoms with Crippen molar-refractivity contribution in [3.8, 4) is 34.0 Å². The minimum Gasteiger partial charge on any atom is -0.481 e. The van der Waals surface area contributed by atoms with Gasteiger partial charge in [0.1, 0.15) is 11.6 Å². The van der Waals surface area contributed by atoms with Crippen LogP contribution < -0.4 is 19.3 Å². The molecule has 0 bridgehead atoms. The fourth-order valence-electron chi connectivity index (χ4n) is 6.71. The predicted molar refractivity (Wildman–Crippen MR) is 250 cm³/mol. The first-order chi connectivity index (χ1) is 32.8. The van der Waals surface area contributed by atoms with Gasteiger partial charge in [0, 0.05) is 58.9 Å². The van der Waals surface area contributed by atoms with E-state index in [-0.39, 0.29) is 56.2 Å². The van der Waals surface area contributed by atoms with Crippen molar-refractivity contribution in [3.63, 3.8) is 0 Å². The summed E-state index contributed by atoms with van der Waals surface area (Å²) in [5.74, 6) is -4.48. The lowest BCUT2D eigenvalue weighted by Crippen LogP contribution is -2.33. The summed E-state index contributed by atoms with van der Waals surface area (Å²) in [6.45, 7) is 12.8. The molecule has 1 amide bonds. The third-order valence-electron chi connectivity index (χ3n) is 10.4.